The van der Waals surface area contributed by atoms with Crippen LogP contribution >= 0.6 is 11.3 Å². The van der Waals surface area contributed by atoms with Crippen molar-refractivity contribution < 1.29 is 9.53 Å². The van der Waals surface area contributed by atoms with Gasteiger partial charge in [-0.05, 0) is 70.0 Å². The van der Waals surface area contributed by atoms with E-state index in [1.54, 1.807) is 0 Å². The van der Waals surface area contributed by atoms with Crippen molar-refractivity contribution in [3.05, 3.63) is 21.9 Å². The van der Waals surface area contributed by atoms with Crippen LogP contribution in [-0.4, -0.2) is 24.8 Å². The molecule has 2 rings (SSSR count). The number of thiophene rings is 1. The van der Waals surface area contributed by atoms with Crippen LogP contribution in [0.4, 0.5) is 4.79 Å². The SMILES string of the molecule is CC(C)(C)OC(=O)NCCCNC1CCCc2sccc21. The Morgan fingerprint density at radius 1 is 1.43 bits per heavy atom. The van der Waals surface area contributed by atoms with Crippen LogP contribution in [0.1, 0.15) is 56.5 Å². The molecule has 1 aliphatic carbocycles. The topological polar surface area (TPSA) is 50.4 Å². The van der Waals surface area contributed by atoms with Crippen molar-refractivity contribution in [1.82, 2.24) is 10.6 Å². The largest absolute Gasteiger partial charge is 0.444 e. The van der Waals surface area contributed by atoms with Gasteiger partial charge in [-0.25, -0.2) is 4.79 Å². The number of aryl methyl sites for hydroxylation is 1. The van der Waals surface area contributed by atoms with Crippen LogP contribution in [0.2, 0.25) is 0 Å². The summed E-state index contributed by atoms with van der Waals surface area (Å²) in [4.78, 5) is 13.0. The highest BCUT2D eigenvalue weighted by atomic mass is 32.1. The smallest absolute Gasteiger partial charge is 0.407 e. The second-order valence-corrected chi connectivity index (χ2v) is 7.48. The molecule has 0 bridgehead atoms. The molecule has 0 aromatic carbocycles. The quantitative estimate of drug-likeness (QED) is 0.817. The molecule has 21 heavy (non-hydrogen) atoms. The molecular formula is C16H26N2O2S. The molecule has 1 heterocycles. The van der Waals surface area contributed by atoms with Crippen molar-refractivity contribution in [3.8, 4) is 0 Å². The molecule has 1 atom stereocenters. The van der Waals surface area contributed by atoms with Crippen molar-refractivity contribution >= 4 is 17.4 Å². The summed E-state index contributed by atoms with van der Waals surface area (Å²) in [5, 5.41) is 8.58. The van der Waals surface area contributed by atoms with Gasteiger partial charge in [-0.2, -0.15) is 0 Å². The van der Waals surface area contributed by atoms with Crippen LogP contribution in [-0.2, 0) is 11.2 Å². The van der Waals surface area contributed by atoms with E-state index in [0.717, 1.165) is 13.0 Å². The fourth-order valence-electron chi connectivity index (χ4n) is 2.57. The summed E-state index contributed by atoms with van der Waals surface area (Å²) < 4.78 is 5.20. The lowest BCUT2D eigenvalue weighted by Gasteiger charge is -2.24. The molecule has 118 valence electrons. The van der Waals surface area contributed by atoms with E-state index >= 15 is 0 Å². The van der Waals surface area contributed by atoms with E-state index in [4.69, 9.17) is 4.74 Å². The zero-order valence-electron chi connectivity index (χ0n) is 13.2. The molecule has 0 saturated carbocycles. The Morgan fingerprint density at radius 2 is 2.24 bits per heavy atom. The third-order valence-electron chi connectivity index (χ3n) is 3.46. The standard InChI is InChI=1S/C16H26N2O2S/c1-16(2,3)20-15(19)18-10-5-9-17-13-6-4-7-14-12(13)8-11-21-14/h8,11,13,17H,4-7,9-10H2,1-3H3,(H,18,19). The number of nitrogens with one attached hydrogen (secondary N) is 2. The number of carbonyl (C=O) groups excluding carboxylic acids is 1. The van der Waals surface area contributed by atoms with Gasteiger partial charge in [0.05, 0.1) is 0 Å². The van der Waals surface area contributed by atoms with Gasteiger partial charge < -0.3 is 15.4 Å². The van der Waals surface area contributed by atoms with Gasteiger partial charge in [-0.3, -0.25) is 0 Å². The number of fused-ring (bicyclic) bond motifs is 1. The Labute approximate surface area is 131 Å². The van der Waals surface area contributed by atoms with E-state index in [-0.39, 0.29) is 6.09 Å². The van der Waals surface area contributed by atoms with Gasteiger partial charge >= 0.3 is 6.09 Å². The average molecular weight is 310 g/mol. The second kappa shape index (κ2) is 7.27. The molecule has 0 aliphatic heterocycles. The fourth-order valence-corrected chi connectivity index (χ4v) is 3.56. The van der Waals surface area contributed by atoms with Crippen LogP contribution in [0.15, 0.2) is 11.4 Å². The maximum absolute atomic E-state index is 11.5. The lowest BCUT2D eigenvalue weighted by molar-refractivity contribution is 0.0527. The zero-order valence-corrected chi connectivity index (χ0v) is 14.0. The summed E-state index contributed by atoms with van der Waals surface area (Å²) in [6.07, 6.45) is 4.28. The van der Waals surface area contributed by atoms with E-state index in [1.807, 2.05) is 32.1 Å². The number of amides is 1. The van der Waals surface area contributed by atoms with Crippen LogP contribution in [0, 0.1) is 0 Å². The van der Waals surface area contributed by atoms with E-state index in [0.29, 0.717) is 12.6 Å². The van der Waals surface area contributed by atoms with Gasteiger partial charge in [-0.1, -0.05) is 0 Å². The molecule has 5 heteroatoms. The average Bonchev–Trinajstić information content (AvgIpc) is 2.85. The molecule has 4 nitrogen and oxygen atoms in total. The molecule has 0 spiro atoms. The minimum Gasteiger partial charge on any atom is -0.444 e. The van der Waals surface area contributed by atoms with Crippen LogP contribution in [0.5, 0.6) is 0 Å². The van der Waals surface area contributed by atoms with Gasteiger partial charge in [0.2, 0.25) is 0 Å². The first-order valence-corrected chi connectivity index (χ1v) is 8.60. The number of hydrogen-bond acceptors (Lipinski definition) is 4. The minimum atomic E-state index is -0.431. The molecular weight excluding hydrogens is 284 g/mol. The first-order valence-electron chi connectivity index (χ1n) is 7.72. The zero-order chi connectivity index (χ0) is 15.3. The Bertz CT molecular complexity index is 465. The molecule has 2 N–H and O–H groups in total. The molecule has 1 aliphatic rings. The van der Waals surface area contributed by atoms with E-state index in [9.17, 15) is 4.79 Å². The molecule has 1 amide bonds. The molecule has 1 aromatic heterocycles. The van der Waals surface area contributed by atoms with Crippen LogP contribution < -0.4 is 10.6 Å². The predicted molar refractivity (Wildman–Crippen MR) is 86.9 cm³/mol. The monoisotopic (exact) mass is 310 g/mol. The van der Waals surface area contributed by atoms with Gasteiger partial charge in [0.1, 0.15) is 5.60 Å². The molecule has 1 aromatic rings. The Hall–Kier alpha value is -1.07. The Kier molecular flexibility index (Phi) is 5.65. The number of rotatable bonds is 5. The summed E-state index contributed by atoms with van der Waals surface area (Å²) in [7, 11) is 0. The number of carbonyl (C=O) groups is 1. The van der Waals surface area contributed by atoms with Gasteiger partial charge in [0, 0.05) is 17.5 Å². The van der Waals surface area contributed by atoms with Crippen molar-refractivity contribution in [2.24, 2.45) is 0 Å². The molecule has 0 fully saturated rings. The lowest BCUT2D eigenvalue weighted by Crippen LogP contribution is -2.34. The molecule has 0 saturated heterocycles. The highest BCUT2D eigenvalue weighted by Crippen LogP contribution is 2.33. The van der Waals surface area contributed by atoms with E-state index in [2.05, 4.69) is 22.1 Å². The van der Waals surface area contributed by atoms with Crippen molar-refractivity contribution in [3.63, 3.8) is 0 Å². The van der Waals surface area contributed by atoms with Crippen molar-refractivity contribution in [1.29, 1.82) is 0 Å². The summed E-state index contributed by atoms with van der Waals surface area (Å²) >= 11 is 1.87. The normalized spacial score (nSPS) is 18.1. The van der Waals surface area contributed by atoms with Gasteiger partial charge in [-0.15, -0.1) is 11.3 Å². The van der Waals surface area contributed by atoms with Crippen LogP contribution in [0.25, 0.3) is 0 Å². The van der Waals surface area contributed by atoms with Crippen molar-refractivity contribution in [2.75, 3.05) is 13.1 Å². The number of alkyl carbamates (subject to hydrolysis) is 1. The number of hydrogen-bond donors (Lipinski definition) is 2. The first kappa shape index (κ1) is 16.3. The molecule has 0 radical (unpaired) electrons. The summed E-state index contributed by atoms with van der Waals surface area (Å²) in [6, 6.07) is 2.73. The van der Waals surface area contributed by atoms with E-state index in [1.165, 1.54) is 29.7 Å². The summed E-state index contributed by atoms with van der Waals surface area (Å²) in [5.41, 5.74) is 1.05. The highest BCUT2D eigenvalue weighted by molar-refractivity contribution is 7.10. The third-order valence-corrected chi connectivity index (χ3v) is 4.46. The van der Waals surface area contributed by atoms with Crippen LogP contribution in [0.3, 0.4) is 0 Å². The lowest BCUT2D eigenvalue weighted by atomic mass is 9.94. The Morgan fingerprint density at radius 3 is 3.00 bits per heavy atom. The number of ether oxygens (including phenoxy) is 1. The maximum Gasteiger partial charge on any atom is 0.407 e. The summed E-state index contributed by atoms with van der Waals surface area (Å²) in [5.74, 6) is 0. The first-order chi connectivity index (χ1) is 9.96. The molecule has 1 unspecified atom stereocenters. The third kappa shape index (κ3) is 5.32. The summed E-state index contributed by atoms with van der Waals surface area (Å²) in [6.45, 7) is 7.17. The van der Waals surface area contributed by atoms with Gasteiger partial charge in [0.15, 0.2) is 0 Å². The fraction of sp³-hybridized carbons (Fsp3) is 0.688. The van der Waals surface area contributed by atoms with Crippen molar-refractivity contribution in [2.45, 2.75) is 58.1 Å². The predicted octanol–water partition coefficient (Wildman–Crippen LogP) is 3.63. The minimum absolute atomic E-state index is 0.333. The van der Waals surface area contributed by atoms with Gasteiger partial charge in [0.25, 0.3) is 0 Å². The maximum atomic E-state index is 11.5. The highest BCUT2D eigenvalue weighted by Gasteiger charge is 2.20. The second-order valence-electron chi connectivity index (χ2n) is 6.48. The van der Waals surface area contributed by atoms with E-state index < -0.39 is 5.60 Å². The Balaban J connectivity index is 1.62.